The summed E-state index contributed by atoms with van der Waals surface area (Å²) < 4.78 is 30.0. The Morgan fingerprint density at radius 3 is 2.68 bits per heavy atom. The summed E-state index contributed by atoms with van der Waals surface area (Å²) in [6.07, 6.45) is 2.71. The molecule has 6 nitrogen and oxygen atoms in total. The van der Waals surface area contributed by atoms with Gasteiger partial charge in [-0.1, -0.05) is 19.1 Å². The fourth-order valence-corrected chi connectivity index (χ4v) is 4.36. The van der Waals surface area contributed by atoms with Gasteiger partial charge in [0, 0.05) is 22.4 Å². The second-order valence-electron chi connectivity index (χ2n) is 7.12. The Bertz CT molecular complexity index is 1230. The number of aromatic nitrogens is 4. The minimum Gasteiger partial charge on any atom is -0.382 e. The van der Waals surface area contributed by atoms with Crippen LogP contribution in [0.5, 0.6) is 0 Å². The SMILES string of the molecule is C[C@H](c1nc(-c2ccc(C#N)cc2)cs1)[C@](O)(Cn1cncn1)c1cc(F)ccc1F. The normalized spacial score (nSPS) is 14.0. The van der Waals surface area contributed by atoms with E-state index in [-0.39, 0.29) is 12.1 Å². The van der Waals surface area contributed by atoms with E-state index < -0.39 is 23.2 Å². The van der Waals surface area contributed by atoms with Crippen molar-refractivity contribution in [1.82, 2.24) is 19.7 Å². The molecule has 0 aliphatic heterocycles. The van der Waals surface area contributed by atoms with Gasteiger partial charge in [-0.2, -0.15) is 10.4 Å². The first kappa shape index (κ1) is 20.8. The summed E-state index contributed by atoms with van der Waals surface area (Å²) in [6, 6.07) is 12.0. The molecule has 4 aromatic rings. The lowest BCUT2D eigenvalue weighted by molar-refractivity contribution is -0.0114. The monoisotopic (exact) mass is 437 g/mol. The summed E-state index contributed by atoms with van der Waals surface area (Å²) in [7, 11) is 0. The molecule has 0 saturated heterocycles. The smallest absolute Gasteiger partial charge is 0.137 e. The van der Waals surface area contributed by atoms with Gasteiger partial charge in [0.15, 0.2) is 0 Å². The molecule has 31 heavy (non-hydrogen) atoms. The molecule has 156 valence electrons. The molecule has 0 saturated carbocycles. The number of hydrogen-bond donors (Lipinski definition) is 1. The molecule has 1 N–H and O–H groups in total. The molecule has 0 amide bonds. The first-order chi connectivity index (χ1) is 14.9. The maximum atomic E-state index is 14.7. The number of nitrogens with zero attached hydrogens (tertiary/aromatic N) is 5. The van der Waals surface area contributed by atoms with Crippen LogP contribution in [0.15, 0.2) is 60.5 Å². The fraction of sp³-hybridized carbons (Fsp3) is 0.182. The highest BCUT2D eigenvalue weighted by Crippen LogP contribution is 2.41. The number of nitriles is 1. The van der Waals surface area contributed by atoms with Gasteiger partial charge < -0.3 is 5.11 Å². The highest BCUT2D eigenvalue weighted by Gasteiger charge is 2.41. The van der Waals surface area contributed by atoms with E-state index in [2.05, 4.69) is 21.1 Å². The lowest BCUT2D eigenvalue weighted by atomic mass is 9.82. The molecule has 2 aromatic heterocycles. The van der Waals surface area contributed by atoms with E-state index in [1.54, 1.807) is 31.2 Å². The van der Waals surface area contributed by atoms with Crippen molar-refractivity contribution in [2.75, 3.05) is 0 Å². The molecule has 0 unspecified atom stereocenters. The molecule has 0 spiro atoms. The molecular weight excluding hydrogens is 420 g/mol. The second-order valence-corrected chi connectivity index (χ2v) is 8.01. The van der Waals surface area contributed by atoms with Crippen molar-refractivity contribution >= 4 is 11.3 Å². The average molecular weight is 437 g/mol. The molecule has 0 bridgehead atoms. The molecular formula is C22H17F2N5OS. The van der Waals surface area contributed by atoms with Crippen molar-refractivity contribution in [2.24, 2.45) is 0 Å². The van der Waals surface area contributed by atoms with Crippen molar-refractivity contribution < 1.29 is 13.9 Å². The van der Waals surface area contributed by atoms with Gasteiger partial charge in [-0.15, -0.1) is 11.3 Å². The predicted molar refractivity (Wildman–Crippen MR) is 111 cm³/mol. The summed E-state index contributed by atoms with van der Waals surface area (Å²) in [6.45, 7) is 1.57. The third-order valence-electron chi connectivity index (χ3n) is 5.18. The number of rotatable bonds is 6. The first-order valence-corrected chi connectivity index (χ1v) is 10.2. The van der Waals surface area contributed by atoms with Gasteiger partial charge in [0.1, 0.15) is 29.9 Å². The molecule has 0 aliphatic rings. The van der Waals surface area contributed by atoms with E-state index >= 15 is 0 Å². The standard InChI is InChI=1S/C22H17F2N5OS/c1-14(21-28-20(10-31-21)16-4-2-15(9-25)3-5-16)22(30,11-29-13-26-12-27-29)18-8-17(23)6-7-19(18)24/h2-8,10,12-14,30H,11H2,1H3/t14-,22-/m1/s1. The van der Waals surface area contributed by atoms with Crippen LogP contribution in [0.3, 0.4) is 0 Å². The van der Waals surface area contributed by atoms with E-state index in [9.17, 15) is 13.9 Å². The summed E-state index contributed by atoms with van der Waals surface area (Å²) in [5.74, 6) is -2.07. The van der Waals surface area contributed by atoms with E-state index in [0.717, 1.165) is 23.8 Å². The Morgan fingerprint density at radius 1 is 1.23 bits per heavy atom. The number of halogens is 2. The highest BCUT2D eigenvalue weighted by molar-refractivity contribution is 7.10. The van der Waals surface area contributed by atoms with Gasteiger partial charge in [-0.3, -0.25) is 0 Å². The Balaban J connectivity index is 1.74. The molecule has 2 aromatic carbocycles. The van der Waals surface area contributed by atoms with E-state index in [0.29, 0.717) is 16.3 Å². The molecule has 2 heterocycles. The lowest BCUT2D eigenvalue weighted by Crippen LogP contribution is -2.38. The lowest BCUT2D eigenvalue weighted by Gasteiger charge is -2.33. The zero-order chi connectivity index (χ0) is 22.0. The number of hydrogen-bond acceptors (Lipinski definition) is 6. The van der Waals surface area contributed by atoms with Crippen molar-refractivity contribution in [3.8, 4) is 17.3 Å². The van der Waals surface area contributed by atoms with Crippen molar-refractivity contribution in [3.05, 3.63) is 88.3 Å². The summed E-state index contributed by atoms with van der Waals surface area (Å²) in [4.78, 5) is 8.49. The highest BCUT2D eigenvalue weighted by atomic mass is 32.1. The Kier molecular flexibility index (Phi) is 5.59. The minimum absolute atomic E-state index is 0.139. The molecule has 0 aliphatic carbocycles. The van der Waals surface area contributed by atoms with Crippen LogP contribution in [0.1, 0.15) is 29.0 Å². The Morgan fingerprint density at radius 2 is 2.00 bits per heavy atom. The number of benzene rings is 2. The maximum absolute atomic E-state index is 14.7. The quantitative estimate of drug-likeness (QED) is 0.487. The van der Waals surface area contributed by atoms with Crippen LogP contribution in [-0.4, -0.2) is 24.9 Å². The zero-order valence-electron chi connectivity index (χ0n) is 16.4. The zero-order valence-corrected chi connectivity index (χ0v) is 17.2. The fourth-order valence-electron chi connectivity index (χ4n) is 3.38. The van der Waals surface area contributed by atoms with Crippen LogP contribution >= 0.6 is 11.3 Å². The third-order valence-corrected chi connectivity index (χ3v) is 6.21. The second kappa shape index (κ2) is 8.34. The van der Waals surface area contributed by atoms with Gasteiger partial charge in [0.2, 0.25) is 0 Å². The number of aliphatic hydroxyl groups is 1. The largest absolute Gasteiger partial charge is 0.382 e. The van der Waals surface area contributed by atoms with Crippen LogP contribution in [0.2, 0.25) is 0 Å². The third kappa shape index (κ3) is 4.08. The number of thiazole rings is 1. The van der Waals surface area contributed by atoms with Crippen LogP contribution < -0.4 is 0 Å². The molecule has 0 fully saturated rings. The molecule has 9 heteroatoms. The van der Waals surface area contributed by atoms with Crippen LogP contribution in [-0.2, 0) is 12.1 Å². The molecule has 0 radical (unpaired) electrons. The summed E-state index contributed by atoms with van der Waals surface area (Å²) in [5, 5.41) is 27.0. The van der Waals surface area contributed by atoms with E-state index in [1.807, 2.05) is 5.38 Å². The first-order valence-electron chi connectivity index (χ1n) is 9.37. The minimum atomic E-state index is -1.83. The van der Waals surface area contributed by atoms with Gasteiger partial charge in [-0.25, -0.2) is 23.4 Å². The Hall–Kier alpha value is -3.48. The van der Waals surface area contributed by atoms with Crippen LogP contribution in [0, 0.1) is 23.0 Å². The Labute approximate surface area is 181 Å². The van der Waals surface area contributed by atoms with Crippen LogP contribution in [0.25, 0.3) is 11.3 Å². The van der Waals surface area contributed by atoms with Crippen molar-refractivity contribution in [2.45, 2.75) is 25.0 Å². The van der Waals surface area contributed by atoms with Gasteiger partial charge in [-0.05, 0) is 30.3 Å². The topological polar surface area (TPSA) is 87.6 Å². The summed E-state index contributed by atoms with van der Waals surface area (Å²) >= 11 is 1.31. The van der Waals surface area contributed by atoms with Gasteiger partial charge >= 0.3 is 0 Å². The van der Waals surface area contributed by atoms with E-state index in [1.165, 1.54) is 28.7 Å². The van der Waals surface area contributed by atoms with Crippen molar-refractivity contribution in [3.63, 3.8) is 0 Å². The van der Waals surface area contributed by atoms with E-state index in [4.69, 9.17) is 5.26 Å². The summed E-state index contributed by atoms with van der Waals surface area (Å²) in [5.41, 5.74) is 0.00578. The average Bonchev–Trinajstić information content (AvgIpc) is 3.47. The van der Waals surface area contributed by atoms with Gasteiger partial charge in [0.25, 0.3) is 0 Å². The molecule has 2 atom stereocenters. The van der Waals surface area contributed by atoms with Gasteiger partial charge in [0.05, 0.1) is 28.9 Å². The van der Waals surface area contributed by atoms with Crippen molar-refractivity contribution in [1.29, 1.82) is 5.26 Å². The predicted octanol–water partition coefficient (Wildman–Crippen LogP) is 4.24. The molecule has 4 rings (SSSR count). The van der Waals surface area contributed by atoms with Crippen LogP contribution in [0.4, 0.5) is 8.78 Å². The maximum Gasteiger partial charge on any atom is 0.137 e.